The van der Waals surface area contributed by atoms with E-state index in [0.717, 1.165) is 4.90 Å². The van der Waals surface area contributed by atoms with E-state index < -0.39 is 18.0 Å². The first-order chi connectivity index (χ1) is 12.5. The van der Waals surface area contributed by atoms with Crippen LogP contribution in [-0.4, -0.2) is 31.3 Å². The summed E-state index contributed by atoms with van der Waals surface area (Å²) >= 11 is 1.52. The third-order valence-corrected chi connectivity index (χ3v) is 4.31. The molecule has 0 aliphatic heterocycles. The number of nitrogens with one attached hydrogen (secondary N) is 1. The second kappa shape index (κ2) is 8.92. The van der Waals surface area contributed by atoms with E-state index in [-0.39, 0.29) is 5.56 Å². The molecule has 6 nitrogen and oxygen atoms in total. The quantitative estimate of drug-likeness (QED) is 0.619. The highest BCUT2D eigenvalue weighted by atomic mass is 32.2. The van der Waals surface area contributed by atoms with Crippen LogP contribution in [0.15, 0.2) is 47.4 Å². The molecule has 0 unspecified atom stereocenters. The first-order valence-electron chi connectivity index (χ1n) is 7.73. The van der Waals surface area contributed by atoms with Gasteiger partial charge in [-0.05, 0) is 43.5 Å². The molecule has 0 fully saturated rings. The molecule has 2 rings (SSSR count). The lowest BCUT2D eigenvalue weighted by atomic mass is 10.2. The average molecular weight is 370 g/mol. The summed E-state index contributed by atoms with van der Waals surface area (Å²) in [5.41, 5.74) is 0.931. The third kappa shape index (κ3) is 4.55. The smallest absolute Gasteiger partial charge is 0.342 e. The Labute approximate surface area is 156 Å². The van der Waals surface area contributed by atoms with Crippen molar-refractivity contribution in [1.82, 2.24) is 0 Å². The minimum Gasteiger partial charge on any atom is -0.496 e. The van der Waals surface area contributed by atoms with Gasteiger partial charge in [0.25, 0.3) is 5.91 Å². The second-order valence-corrected chi connectivity index (χ2v) is 6.14. The molecule has 26 heavy (non-hydrogen) atoms. The summed E-state index contributed by atoms with van der Waals surface area (Å²) in [5.74, 6) is -0.809. The number of para-hydroxylation sites is 1. The van der Waals surface area contributed by atoms with Crippen LogP contribution in [0.4, 0.5) is 5.69 Å². The molecule has 1 N–H and O–H groups in total. The van der Waals surface area contributed by atoms with Crippen molar-refractivity contribution < 1.29 is 19.1 Å². The highest BCUT2D eigenvalue weighted by molar-refractivity contribution is 7.98. The fourth-order valence-corrected chi connectivity index (χ4v) is 2.60. The third-order valence-electron chi connectivity index (χ3n) is 3.59. The predicted octanol–water partition coefficient (Wildman–Crippen LogP) is 3.47. The monoisotopic (exact) mass is 370 g/mol. The number of carbonyl (C=O) groups excluding carboxylic acids is 2. The molecule has 0 spiro atoms. The molecule has 0 heterocycles. The molecule has 0 saturated carbocycles. The van der Waals surface area contributed by atoms with Gasteiger partial charge < -0.3 is 14.8 Å². The first kappa shape index (κ1) is 19.3. The van der Waals surface area contributed by atoms with Crippen LogP contribution in [0, 0.1) is 11.3 Å². The molecule has 7 heteroatoms. The number of ether oxygens (including phenoxy) is 2. The molecule has 134 valence electrons. The van der Waals surface area contributed by atoms with E-state index in [1.807, 2.05) is 12.3 Å². The molecular formula is C19H18N2O4S. The zero-order chi connectivity index (χ0) is 19.1. The molecule has 2 aromatic rings. The number of anilines is 1. The van der Waals surface area contributed by atoms with Gasteiger partial charge in [-0.3, -0.25) is 4.79 Å². The summed E-state index contributed by atoms with van der Waals surface area (Å²) in [4.78, 5) is 25.6. The number of methoxy groups -OCH3 is 1. The molecule has 0 radical (unpaired) electrons. The number of amides is 1. The topological polar surface area (TPSA) is 88.4 Å². The maximum atomic E-state index is 12.4. The minimum atomic E-state index is -1.04. The van der Waals surface area contributed by atoms with Gasteiger partial charge in [0, 0.05) is 4.90 Å². The summed E-state index contributed by atoms with van der Waals surface area (Å²) in [5, 5.41) is 11.7. The molecule has 1 atom stereocenters. The van der Waals surface area contributed by atoms with Gasteiger partial charge >= 0.3 is 5.97 Å². The summed E-state index contributed by atoms with van der Waals surface area (Å²) in [6.45, 7) is 1.46. The van der Waals surface area contributed by atoms with Gasteiger partial charge in [-0.15, -0.1) is 11.8 Å². The fraction of sp³-hybridized carbons (Fsp3) is 0.211. The summed E-state index contributed by atoms with van der Waals surface area (Å²) < 4.78 is 10.5. The Balaban J connectivity index is 2.09. The number of hydrogen-bond donors (Lipinski definition) is 1. The van der Waals surface area contributed by atoms with Crippen molar-refractivity contribution in [1.29, 1.82) is 5.26 Å². The van der Waals surface area contributed by atoms with E-state index in [2.05, 4.69) is 5.32 Å². The van der Waals surface area contributed by atoms with Gasteiger partial charge in [-0.2, -0.15) is 5.26 Å². The maximum Gasteiger partial charge on any atom is 0.342 e. The summed E-state index contributed by atoms with van der Waals surface area (Å²) in [6, 6.07) is 13.7. The van der Waals surface area contributed by atoms with Crippen LogP contribution >= 0.6 is 11.8 Å². The zero-order valence-electron chi connectivity index (χ0n) is 14.6. The Morgan fingerprint density at radius 3 is 2.62 bits per heavy atom. The largest absolute Gasteiger partial charge is 0.496 e. The number of benzene rings is 2. The maximum absolute atomic E-state index is 12.4. The number of thioether (sulfide) groups is 1. The van der Waals surface area contributed by atoms with E-state index in [1.54, 1.807) is 42.5 Å². The summed E-state index contributed by atoms with van der Waals surface area (Å²) in [6.07, 6.45) is 0.873. The second-order valence-electron chi connectivity index (χ2n) is 5.26. The van der Waals surface area contributed by atoms with Crippen LogP contribution in [0.25, 0.3) is 0 Å². The van der Waals surface area contributed by atoms with Crippen LogP contribution in [-0.2, 0) is 9.53 Å². The van der Waals surface area contributed by atoms with Crippen LogP contribution in [0.2, 0.25) is 0 Å². The van der Waals surface area contributed by atoms with Crippen LogP contribution in [0.1, 0.15) is 22.8 Å². The van der Waals surface area contributed by atoms with Gasteiger partial charge in [0.05, 0.1) is 18.4 Å². The molecule has 0 aliphatic rings. The molecule has 0 saturated heterocycles. The van der Waals surface area contributed by atoms with E-state index in [0.29, 0.717) is 17.0 Å². The fourth-order valence-electron chi connectivity index (χ4n) is 2.17. The number of hydrogen-bond acceptors (Lipinski definition) is 6. The Morgan fingerprint density at radius 1 is 1.23 bits per heavy atom. The van der Waals surface area contributed by atoms with Crippen molar-refractivity contribution in [2.45, 2.75) is 17.9 Å². The average Bonchev–Trinajstić information content (AvgIpc) is 2.67. The molecule has 0 bridgehead atoms. The number of esters is 1. The Bertz CT molecular complexity index is 861. The SMILES string of the molecule is COc1cc(SC)ccc1C(=O)O[C@H](C)C(=O)Nc1ccccc1C#N. The molecule has 0 aliphatic carbocycles. The van der Waals surface area contributed by atoms with Gasteiger partial charge in [0.2, 0.25) is 0 Å². The van der Waals surface area contributed by atoms with Crippen molar-refractivity contribution in [3.63, 3.8) is 0 Å². The lowest BCUT2D eigenvalue weighted by molar-refractivity contribution is -0.123. The molecular weight excluding hydrogens is 352 g/mol. The number of carbonyl (C=O) groups is 2. The van der Waals surface area contributed by atoms with Crippen molar-refractivity contribution in [3.8, 4) is 11.8 Å². The van der Waals surface area contributed by atoms with Crippen molar-refractivity contribution >= 4 is 29.3 Å². The summed E-state index contributed by atoms with van der Waals surface area (Å²) in [7, 11) is 1.46. The Hall–Kier alpha value is -2.98. The highest BCUT2D eigenvalue weighted by Gasteiger charge is 2.22. The van der Waals surface area contributed by atoms with Crippen molar-refractivity contribution in [2.75, 3.05) is 18.7 Å². The first-order valence-corrected chi connectivity index (χ1v) is 8.95. The van der Waals surface area contributed by atoms with Crippen LogP contribution < -0.4 is 10.1 Å². The normalized spacial score (nSPS) is 11.2. The molecule has 0 aromatic heterocycles. The standard InChI is InChI=1S/C19H18N2O4S/c1-12(18(22)21-16-7-5-4-6-13(16)11-20)25-19(23)15-9-8-14(26-3)10-17(15)24-2/h4-10,12H,1-3H3,(H,21,22)/t12-/m1/s1. The van der Waals surface area contributed by atoms with Crippen molar-refractivity contribution in [2.24, 2.45) is 0 Å². The van der Waals surface area contributed by atoms with Crippen LogP contribution in [0.5, 0.6) is 5.75 Å². The lowest BCUT2D eigenvalue weighted by Crippen LogP contribution is -2.30. The number of rotatable bonds is 6. The minimum absolute atomic E-state index is 0.238. The van der Waals surface area contributed by atoms with E-state index in [4.69, 9.17) is 14.7 Å². The van der Waals surface area contributed by atoms with Gasteiger partial charge in [-0.1, -0.05) is 12.1 Å². The Morgan fingerprint density at radius 2 is 1.96 bits per heavy atom. The van der Waals surface area contributed by atoms with Gasteiger partial charge in [-0.25, -0.2) is 4.79 Å². The predicted molar refractivity (Wildman–Crippen MR) is 99.4 cm³/mol. The van der Waals surface area contributed by atoms with Crippen molar-refractivity contribution in [3.05, 3.63) is 53.6 Å². The van der Waals surface area contributed by atoms with E-state index in [9.17, 15) is 9.59 Å². The number of nitriles is 1. The molecule has 1 amide bonds. The van der Waals surface area contributed by atoms with Gasteiger partial charge in [0.1, 0.15) is 17.4 Å². The van der Waals surface area contributed by atoms with Crippen LogP contribution in [0.3, 0.4) is 0 Å². The highest BCUT2D eigenvalue weighted by Crippen LogP contribution is 2.26. The Kier molecular flexibility index (Phi) is 6.64. The lowest BCUT2D eigenvalue weighted by Gasteiger charge is -2.15. The van der Waals surface area contributed by atoms with E-state index >= 15 is 0 Å². The van der Waals surface area contributed by atoms with E-state index in [1.165, 1.54) is 25.8 Å². The zero-order valence-corrected chi connectivity index (χ0v) is 15.4. The number of nitrogens with zero attached hydrogens (tertiary/aromatic N) is 1. The van der Waals surface area contributed by atoms with Gasteiger partial charge in [0.15, 0.2) is 6.10 Å². The molecule has 2 aromatic carbocycles.